The largest absolute Gasteiger partial charge is 0.340 e. The Labute approximate surface area is 115 Å². The zero-order valence-electron chi connectivity index (χ0n) is 11.3. The van der Waals surface area contributed by atoms with Gasteiger partial charge in [-0.1, -0.05) is 30.3 Å². The van der Waals surface area contributed by atoms with Gasteiger partial charge in [0.25, 0.3) is 0 Å². The maximum atomic E-state index is 11.9. The molecule has 1 aliphatic heterocycles. The summed E-state index contributed by atoms with van der Waals surface area (Å²) < 4.78 is 0. The van der Waals surface area contributed by atoms with Gasteiger partial charge in [0.1, 0.15) is 0 Å². The number of nitrogens with two attached hydrogens (primary N) is 1. The Hall–Kier alpha value is -1.39. The lowest BCUT2D eigenvalue weighted by Gasteiger charge is -2.25. The molecule has 0 spiro atoms. The molecular weight excluding hydrogens is 238 g/mol. The van der Waals surface area contributed by atoms with E-state index in [1.807, 2.05) is 23.1 Å². The Morgan fingerprint density at radius 1 is 1.37 bits per heavy atom. The molecule has 2 rings (SSSR count). The van der Waals surface area contributed by atoms with Gasteiger partial charge in [-0.2, -0.15) is 0 Å². The highest BCUT2D eigenvalue weighted by molar-refractivity contribution is 5.78. The molecule has 1 amide bonds. The number of carbonyl (C=O) groups is 1. The number of rotatable bonds is 6. The highest BCUT2D eigenvalue weighted by Crippen LogP contribution is 2.08. The molecule has 0 radical (unpaired) electrons. The molecule has 3 N–H and O–H groups in total. The van der Waals surface area contributed by atoms with Crippen LogP contribution in [0.5, 0.6) is 0 Å². The van der Waals surface area contributed by atoms with Crippen LogP contribution in [0, 0.1) is 0 Å². The fourth-order valence-electron chi connectivity index (χ4n) is 2.53. The first-order valence-corrected chi connectivity index (χ1v) is 7.04. The first-order chi connectivity index (χ1) is 9.29. The quantitative estimate of drug-likeness (QED) is 0.795. The Morgan fingerprint density at radius 3 is 2.79 bits per heavy atom. The SMILES string of the molecule is NCC(=O)N(CCc1ccccc1)C[C@@H]1CCCN1. The molecule has 19 heavy (non-hydrogen) atoms. The van der Waals surface area contributed by atoms with Gasteiger partial charge in [0.05, 0.1) is 6.54 Å². The zero-order chi connectivity index (χ0) is 13.5. The van der Waals surface area contributed by atoms with Crippen molar-refractivity contribution in [2.24, 2.45) is 5.73 Å². The molecule has 0 saturated carbocycles. The highest BCUT2D eigenvalue weighted by atomic mass is 16.2. The van der Waals surface area contributed by atoms with Crippen LogP contribution in [0.2, 0.25) is 0 Å². The van der Waals surface area contributed by atoms with E-state index in [1.54, 1.807) is 0 Å². The van der Waals surface area contributed by atoms with Crippen molar-refractivity contribution in [2.75, 3.05) is 26.2 Å². The van der Waals surface area contributed by atoms with E-state index in [0.29, 0.717) is 6.04 Å². The summed E-state index contributed by atoms with van der Waals surface area (Å²) in [5.74, 6) is 0.0460. The summed E-state index contributed by atoms with van der Waals surface area (Å²) in [6, 6.07) is 10.7. The number of nitrogens with one attached hydrogen (secondary N) is 1. The molecule has 1 fully saturated rings. The summed E-state index contributed by atoms with van der Waals surface area (Å²) in [6.45, 7) is 2.69. The fraction of sp³-hybridized carbons (Fsp3) is 0.533. The van der Waals surface area contributed by atoms with Gasteiger partial charge in [-0.05, 0) is 31.4 Å². The van der Waals surface area contributed by atoms with Gasteiger partial charge in [0, 0.05) is 19.1 Å². The van der Waals surface area contributed by atoms with Crippen LogP contribution in [0.25, 0.3) is 0 Å². The van der Waals surface area contributed by atoms with Crippen LogP contribution in [-0.2, 0) is 11.2 Å². The molecule has 0 bridgehead atoms. The van der Waals surface area contributed by atoms with Gasteiger partial charge in [-0.3, -0.25) is 4.79 Å². The van der Waals surface area contributed by atoms with E-state index in [1.165, 1.54) is 12.0 Å². The predicted molar refractivity (Wildman–Crippen MR) is 76.8 cm³/mol. The lowest BCUT2D eigenvalue weighted by molar-refractivity contribution is -0.130. The van der Waals surface area contributed by atoms with E-state index in [9.17, 15) is 4.79 Å². The Bertz CT molecular complexity index is 388. The topological polar surface area (TPSA) is 58.4 Å². The maximum absolute atomic E-state index is 11.9. The van der Waals surface area contributed by atoms with Gasteiger partial charge in [0.2, 0.25) is 5.91 Å². The van der Waals surface area contributed by atoms with Crippen LogP contribution < -0.4 is 11.1 Å². The first-order valence-electron chi connectivity index (χ1n) is 7.04. The van der Waals surface area contributed by atoms with Crippen LogP contribution in [0.1, 0.15) is 18.4 Å². The molecular formula is C15H23N3O. The second kappa shape index (κ2) is 7.26. The number of amides is 1. The molecule has 1 atom stereocenters. The Balaban J connectivity index is 1.88. The summed E-state index contributed by atoms with van der Waals surface area (Å²) in [7, 11) is 0. The fourth-order valence-corrected chi connectivity index (χ4v) is 2.53. The van der Waals surface area contributed by atoms with E-state index in [0.717, 1.165) is 32.5 Å². The van der Waals surface area contributed by atoms with Crippen molar-refractivity contribution < 1.29 is 4.79 Å². The molecule has 0 aromatic heterocycles. The average Bonchev–Trinajstić information content (AvgIpc) is 2.96. The molecule has 0 unspecified atom stereocenters. The van der Waals surface area contributed by atoms with Crippen molar-refractivity contribution in [1.29, 1.82) is 0 Å². The van der Waals surface area contributed by atoms with Gasteiger partial charge in [-0.15, -0.1) is 0 Å². The minimum absolute atomic E-state index is 0.0460. The Morgan fingerprint density at radius 2 is 2.16 bits per heavy atom. The second-order valence-electron chi connectivity index (χ2n) is 5.07. The Kier molecular flexibility index (Phi) is 5.36. The molecule has 1 heterocycles. The molecule has 0 aliphatic carbocycles. The molecule has 1 aromatic rings. The molecule has 104 valence electrons. The van der Waals surface area contributed by atoms with Crippen LogP contribution in [0.3, 0.4) is 0 Å². The van der Waals surface area contributed by atoms with Gasteiger partial charge < -0.3 is 16.0 Å². The van der Waals surface area contributed by atoms with Crippen LogP contribution in [-0.4, -0.2) is 43.0 Å². The number of benzene rings is 1. The van der Waals surface area contributed by atoms with Crippen molar-refractivity contribution in [1.82, 2.24) is 10.2 Å². The zero-order valence-corrected chi connectivity index (χ0v) is 11.3. The van der Waals surface area contributed by atoms with Crippen LogP contribution >= 0.6 is 0 Å². The molecule has 4 heteroatoms. The van der Waals surface area contributed by atoms with Gasteiger partial charge >= 0.3 is 0 Å². The molecule has 1 aromatic carbocycles. The normalized spacial score (nSPS) is 18.5. The van der Waals surface area contributed by atoms with Crippen LogP contribution in [0.15, 0.2) is 30.3 Å². The molecule has 4 nitrogen and oxygen atoms in total. The van der Waals surface area contributed by atoms with Gasteiger partial charge in [-0.25, -0.2) is 0 Å². The minimum Gasteiger partial charge on any atom is -0.340 e. The number of nitrogens with zero attached hydrogens (tertiary/aromatic N) is 1. The third-order valence-electron chi connectivity index (χ3n) is 3.64. The highest BCUT2D eigenvalue weighted by Gasteiger charge is 2.20. The second-order valence-corrected chi connectivity index (χ2v) is 5.07. The van der Waals surface area contributed by atoms with Crippen molar-refractivity contribution in [2.45, 2.75) is 25.3 Å². The van der Waals surface area contributed by atoms with E-state index in [4.69, 9.17) is 5.73 Å². The summed E-state index contributed by atoms with van der Waals surface area (Å²) in [4.78, 5) is 13.8. The maximum Gasteiger partial charge on any atom is 0.236 e. The third-order valence-corrected chi connectivity index (χ3v) is 3.64. The molecule has 1 saturated heterocycles. The number of hydrogen-bond acceptors (Lipinski definition) is 3. The van der Waals surface area contributed by atoms with Crippen molar-refractivity contribution in [3.63, 3.8) is 0 Å². The average molecular weight is 261 g/mol. The smallest absolute Gasteiger partial charge is 0.236 e. The van der Waals surface area contributed by atoms with Crippen LogP contribution in [0.4, 0.5) is 0 Å². The summed E-state index contributed by atoms with van der Waals surface area (Å²) in [5.41, 5.74) is 6.77. The van der Waals surface area contributed by atoms with Crippen molar-refractivity contribution in [3.8, 4) is 0 Å². The number of hydrogen-bond donors (Lipinski definition) is 2. The van der Waals surface area contributed by atoms with Crippen molar-refractivity contribution >= 4 is 5.91 Å². The van der Waals surface area contributed by atoms with E-state index in [-0.39, 0.29) is 12.5 Å². The summed E-state index contributed by atoms with van der Waals surface area (Å²) in [6.07, 6.45) is 3.24. The monoisotopic (exact) mass is 261 g/mol. The van der Waals surface area contributed by atoms with Crippen molar-refractivity contribution in [3.05, 3.63) is 35.9 Å². The number of carbonyl (C=O) groups excluding carboxylic acids is 1. The standard InChI is InChI=1S/C15H23N3O/c16-11-15(19)18(12-14-7-4-9-17-14)10-8-13-5-2-1-3-6-13/h1-3,5-6,14,17H,4,7-12,16H2/t14-/m0/s1. The summed E-state index contributed by atoms with van der Waals surface area (Å²) in [5, 5.41) is 3.43. The van der Waals surface area contributed by atoms with E-state index in [2.05, 4.69) is 17.4 Å². The third kappa shape index (κ3) is 4.33. The first kappa shape index (κ1) is 14.0. The molecule has 1 aliphatic rings. The predicted octanol–water partition coefficient (Wildman–Crippen LogP) is 0.768. The lowest BCUT2D eigenvalue weighted by Crippen LogP contribution is -2.44. The minimum atomic E-state index is 0.0460. The van der Waals surface area contributed by atoms with Gasteiger partial charge in [0.15, 0.2) is 0 Å². The van der Waals surface area contributed by atoms with E-state index < -0.39 is 0 Å². The lowest BCUT2D eigenvalue weighted by atomic mass is 10.1. The summed E-state index contributed by atoms with van der Waals surface area (Å²) >= 11 is 0. The van der Waals surface area contributed by atoms with E-state index >= 15 is 0 Å².